The molecule has 0 aliphatic carbocycles. The first-order chi connectivity index (χ1) is 15.5. The quantitative estimate of drug-likeness (QED) is 0.245. The van der Waals surface area contributed by atoms with Crippen molar-refractivity contribution in [3.63, 3.8) is 0 Å². The number of ether oxygens (including phenoxy) is 1. The van der Waals surface area contributed by atoms with Gasteiger partial charge in [-0.1, -0.05) is 59.7 Å². The highest BCUT2D eigenvalue weighted by molar-refractivity contribution is 6.07. The molecule has 0 radical (unpaired) electrons. The summed E-state index contributed by atoms with van der Waals surface area (Å²) in [5, 5.41) is 1.71. The highest BCUT2D eigenvalue weighted by Crippen LogP contribution is 2.30. The molecule has 0 aliphatic rings. The van der Waals surface area contributed by atoms with E-state index < -0.39 is 5.97 Å². The first-order valence-electron chi connectivity index (χ1n) is 10.5. The maximum Gasteiger partial charge on any atom is 0.344 e. The lowest BCUT2D eigenvalue weighted by Crippen LogP contribution is -2.11. The van der Waals surface area contributed by atoms with Gasteiger partial charge in [-0.3, -0.25) is 4.98 Å². The molecule has 4 heteroatoms. The number of carbonyl (C=O) groups excluding carboxylic acids is 1. The van der Waals surface area contributed by atoms with E-state index in [4.69, 9.17) is 9.72 Å². The third-order valence-electron chi connectivity index (χ3n) is 5.61. The van der Waals surface area contributed by atoms with Gasteiger partial charge >= 0.3 is 5.97 Å². The van der Waals surface area contributed by atoms with Crippen molar-refractivity contribution in [2.24, 2.45) is 0 Å². The molecule has 2 aromatic heterocycles. The van der Waals surface area contributed by atoms with Crippen molar-refractivity contribution < 1.29 is 9.53 Å². The molecule has 3 aromatic carbocycles. The van der Waals surface area contributed by atoms with E-state index in [9.17, 15) is 4.79 Å². The lowest BCUT2D eigenvalue weighted by molar-refractivity contribution is 0.0739. The molecule has 0 N–H and O–H groups in total. The summed E-state index contributed by atoms with van der Waals surface area (Å²) in [6.07, 6.45) is 1.70. The van der Waals surface area contributed by atoms with Crippen molar-refractivity contribution in [3.05, 3.63) is 101 Å². The van der Waals surface area contributed by atoms with Gasteiger partial charge in [-0.05, 0) is 50.6 Å². The Kier molecular flexibility index (Phi) is 4.91. The number of hydrogen-bond donors (Lipinski definition) is 0. The molecule has 2 heterocycles. The number of esters is 1. The number of hydrogen-bond acceptors (Lipinski definition) is 4. The second-order valence-electron chi connectivity index (χ2n) is 8.12. The number of rotatable bonds is 3. The van der Waals surface area contributed by atoms with Crippen molar-refractivity contribution in [1.82, 2.24) is 9.97 Å². The molecule has 4 nitrogen and oxygen atoms in total. The lowest BCUT2D eigenvalue weighted by atomic mass is 9.99. The van der Waals surface area contributed by atoms with Crippen LogP contribution in [0.5, 0.6) is 5.75 Å². The normalized spacial score (nSPS) is 11.1. The van der Waals surface area contributed by atoms with Gasteiger partial charge < -0.3 is 4.74 Å². The number of fused-ring (bicyclic) bond motifs is 2. The van der Waals surface area contributed by atoms with E-state index in [1.807, 2.05) is 81.4 Å². The molecule has 0 spiro atoms. The smallest absolute Gasteiger partial charge is 0.344 e. The molecule has 0 unspecified atom stereocenters. The Labute approximate surface area is 186 Å². The van der Waals surface area contributed by atoms with Gasteiger partial charge in [0.25, 0.3) is 0 Å². The van der Waals surface area contributed by atoms with E-state index in [2.05, 4.69) is 11.1 Å². The summed E-state index contributed by atoms with van der Waals surface area (Å²) >= 11 is 0. The zero-order valence-corrected chi connectivity index (χ0v) is 18.2. The second kappa shape index (κ2) is 7.89. The van der Waals surface area contributed by atoms with Gasteiger partial charge in [0.1, 0.15) is 5.52 Å². The molecule has 0 bridgehead atoms. The molecule has 156 valence electrons. The molecule has 0 fully saturated rings. The maximum absolute atomic E-state index is 13.5. The molecule has 32 heavy (non-hydrogen) atoms. The zero-order valence-electron chi connectivity index (χ0n) is 18.2. The zero-order chi connectivity index (χ0) is 22.2. The first kappa shape index (κ1) is 19.9. The molecule has 0 amide bonds. The van der Waals surface area contributed by atoms with E-state index in [1.165, 1.54) is 5.56 Å². The number of para-hydroxylation sites is 1. The van der Waals surface area contributed by atoms with Crippen LogP contribution in [0.1, 0.15) is 27.0 Å². The molecule has 5 rings (SSSR count). The highest BCUT2D eigenvalue weighted by Gasteiger charge is 2.19. The largest absolute Gasteiger partial charge is 0.421 e. The first-order valence-corrected chi connectivity index (χ1v) is 10.5. The summed E-state index contributed by atoms with van der Waals surface area (Å²) in [4.78, 5) is 22.8. The molecular formula is C28H22N2O2. The Hall–Kier alpha value is -4.05. The van der Waals surface area contributed by atoms with Gasteiger partial charge in [-0.2, -0.15) is 0 Å². The van der Waals surface area contributed by atoms with Gasteiger partial charge in [0.15, 0.2) is 5.75 Å². The molecular weight excluding hydrogens is 396 g/mol. The van der Waals surface area contributed by atoms with Crippen molar-refractivity contribution in [2.45, 2.75) is 20.8 Å². The minimum absolute atomic E-state index is 0.422. The molecule has 0 saturated heterocycles. The van der Waals surface area contributed by atoms with Crippen molar-refractivity contribution >= 4 is 27.8 Å². The van der Waals surface area contributed by atoms with Gasteiger partial charge in [-0.15, -0.1) is 0 Å². The van der Waals surface area contributed by atoms with Crippen LogP contribution in [-0.2, 0) is 0 Å². The second-order valence-corrected chi connectivity index (χ2v) is 8.12. The Balaban J connectivity index is 1.67. The SMILES string of the molecule is Cc1ccc(-c2cc(C(=O)Oc3cccc4cccnc34)c3cc(C)cc(C)c3n2)cc1. The fourth-order valence-electron chi connectivity index (χ4n) is 4.04. The van der Waals surface area contributed by atoms with Gasteiger partial charge in [0.05, 0.1) is 16.8 Å². The predicted molar refractivity (Wildman–Crippen MR) is 128 cm³/mol. The van der Waals surface area contributed by atoms with E-state index in [1.54, 1.807) is 12.3 Å². The molecule has 5 aromatic rings. The summed E-state index contributed by atoms with van der Waals surface area (Å²) in [5.74, 6) is 0.0215. The van der Waals surface area contributed by atoms with Crippen LogP contribution in [0.25, 0.3) is 33.1 Å². The number of pyridine rings is 2. The molecule has 0 atom stereocenters. The third-order valence-corrected chi connectivity index (χ3v) is 5.61. The van der Waals surface area contributed by atoms with Crippen molar-refractivity contribution in [2.75, 3.05) is 0 Å². The Morgan fingerprint density at radius 2 is 1.59 bits per heavy atom. The van der Waals surface area contributed by atoms with E-state index in [0.717, 1.165) is 38.7 Å². The third kappa shape index (κ3) is 3.60. The van der Waals surface area contributed by atoms with E-state index in [0.29, 0.717) is 16.8 Å². The van der Waals surface area contributed by atoms with Crippen molar-refractivity contribution in [3.8, 4) is 17.0 Å². The summed E-state index contributed by atoms with van der Waals surface area (Å²) in [6.45, 7) is 6.08. The van der Waals surface area contributed by atoms with Crippen LogP contribution in [-0.4, -0.2) is 15.9 Å². The average Bonchev–Trinajstić information content (AvgIpc) is 2.79. The monoisotopic (exact) mass is 418 g/mol. The molecule has 0 aliphatic heterocycles. The number of benzene rings is 3. The Bertz CT molecular complexity index is 1480. The number of nitrogens with zero attached hydrogens (tertiary/aromatic N) is 2. The fourth-order valence-corrected chi connectivity index (χ4v) is 4.04. The lowest BCUT2D eigenvalue weighted by Gasteiger charge is -2.13. The van der Waals surface area contributed by atoms with Crippen molar-refractivity contribution in [1.29, 1.82) is 0 Å². The van der Waals surface area contributed by atoms with Crippen LogP contribution < -0.4 is 4.74 Å². The van der Waals surface area contributed by atoms with Crippen LogP contribution in [0, 0.1) is 20.8 Å². The standard InChI is InChI=1S/C28H22N2O2/c1-17-9-11-20(12-10-17)24-16-23(22-15-18(2)14-19(3)26(22)30-24)28(31)32-25-8-4-6-21-7-5-13-29-27(21)25/h4-16H,1-3H3. The van der Waals surface area contributed by atoms with Crippen LogP contribution in [0.15, 0.2) is 79.0 Å². The number of carbonyl (C=O) groups is 1. The predicted octanol–water partition coefficient (Wildman–Crippen LogP) is 6.59. The van der Waals surface area contributed by atoms with E-state index in [-0.39, 0.29) is 0 Å². The van der Waals surface area contributed by atoms with Crippen LogP contribution in [0.4, 0.5) is 0 Å². The highest BCUT2D eigenvalue weighted by atomic mass is 16.5. The molecule has 0 saturated carbocycles. The summed E-state index contributed by atoms with van der Waals surface area (Å²) in [6, 6.07) is 23.4. The summed E-state index contributed by atoms with van der Waals surface area (Å²) in [7, 11) is 0. The minimum Gasteiger partial charge on any atom is -0.421 e. The number of aromatic nitrogens is 2. The summed E-state index contributed by atoms with van der Waals surface area (Å²) in [5.41, 5.74) is 6.92. The van der Waals surface area contributed by atoms with Crippen LogP contribution >= 0.6 is 0 Å². The fraction of sp³-hybridized carbons (Fsp3) is 0.107. The van der Waals surface area contributed by atoms with Crippen LogP contribution in [0.2, 0.25) is 0 Å². The average molecular weight is 418 g/mol. The minimum atomic E-state index is -0.422. The Morgan fingerprint density at radius 1 is 0.812 bits per heavy atom. The van der Waals surface area contributed by atoms with Gasteiger partial charge in [0.2, 0.25) is 0 Å². The van der Waals surface area contributed by atoms with E-state index >= 15 is 0 Å². The Morgan fingerprint density at radius 3 is 2.41 bits per heavy atom. The number of aryl methyl sites for hydroxylation is 3. The van der Waals surface area contributed by atoms with Crippen LogP contribution in [0.3, 0.4) is 0 Å². The summed E-state index contributed by atoms with van der Waals surface area (Å²) < 4.78 is 5.88. The van der Waals surface area contributed by atoms with Gasteiger partial charge in [0, 0.05) is 22.5 Å². The maximum atomic E-state index is 13.5. The topological polar surface area (TPSA) is 52.1 Å². The van der Waals surface area contributed by atoms with Gasteiger partial charge in [-0.25, -0.2) is 9.78 Å².